The number of benzene rings is 17. The molecule has 0 radical (unpaired) electrons. The van der Waals surface area contributed by atoms with Gasteiger partial charge in [-0.1, -0.05) is 303 Å². The molecule has 4 heteroatoms. The second kappa shape index (κ2) is 30.3. The molecule has 0 atom stereocenters. The second-order valence-corrected chi connectivity index (χ2v) is 26.5. The van der Waals surface area contributed by atoms with Crippen LogP contribution in [-0.4, -0.2) is 0 Å². The summed E-state index contributed by atoms with van der Waals surface area (Å²) in [6.07, 6.45) is 0. The topological polar surface area (TPSA) is 13.0 Å². The normalized spacial score (nSPS) is 11.0. The van der Waals surface area contributed by atoms with Crippen molar-refractivity contribution in [1.29, 1.82) is 0 Å². The summed E-state index contributed by atoms with van der Waals surface area (Å²) in [6, 6.07) is 162. The van der Waals surface area contributed by atoms with Gasteiger partial charge < -0.3 is 19.6 Å². The van der Waals surface area contributed by atoms with Crippen LogP contribution >= 0.6 is 0 Å². The molecule has 0 aliphatic heterocycles. The Bertz CT molecular complexity index is 5380. The zero-order valence-corrected chi connectivity index (χ0v) is 58.5. The fourth-order valence-electron chi connectivity index (χ4n) is 14.4. The van der Waals surface area contributed by atoms with E-state index < -0.39 is 0 Å². The maximum atomic E-state index is 2.36. The van der Waals surface area contributed by atoms with Crippen LogP contribution in [0.4, 0.5) is 68.2 Å². The highest BCUT2D eigenvalue weighted by molar-refractivity contribution is 5.88. The van der Waals surface area contributed by atoms with Gasteiger partial charge in [-0.2, -0.15) is 0 Å². The fraction of sp³-hybridized carbons (Fsp3) is 0. The summed E-state index contributed by atoms with van der Waals surface area (Å²) in [5, 5.41) is 0. The van der Waals surface area contributed by atoms with Crippen LogP contribution in [0.2, 0.25) is 0 Å². The summed E-state index contributed by atoms with van der Waals surface area (Å²) in [5.74, 6) is 0. The van der Waals surface area contributed by atoms with Crippen molar-refractivity contribution in [1.82, 2.24) is 0 Å². The zero-order chi connectivity index (χ0) is 70.8. The molecular weight excluding hydrogens is 1280 g/mol. The van der Waals surface area contributed by atoms with E-state index in [1.54, 1.807) is 0 Å². The van der Waals surface area contributed by atoms with Crippen molar-refractivity contribution in [2.45, 2.75) is 0 Å². The van der Waals surface area contributed by atoms with Crippen LogP contribution < -0.4 is 19.6 Å². The van der Waals surface area contributed by atoms with Crippen LogP contribution in [0, 0.1) is 0 Å². The van der Waals surface area contributed by atoms with Gasteiger partial charge in [-0.25, -0.2) is 0 Å². The Morgan fingerprint density at radius 2 is 0.208 bits per heavy atom. The van der Waals surface area contributed by atoms with E-state index in [-0.39, 0.29) is 0 Å². The smallest absolute Gasteiger partial charge is 0.0467 e. The minimum absolute atomic E-state index is 1.07. The Morgan fingerprint density at radius 1 is 0.0849 bits per heavy atom. The van der Waals surface area contributed by atoms with Gasteiger partial charge in [-0.05, 0) is 235 Å². The molecule has 0 aliphatic carbocycles. The molecule has 0 aromatic heterocycles. The SMILES string of the molecule is c1ccc(-c2cccc(N(c3ccccc3)c3ccc(-c4ccc(N(c5ccc(-c6ccc(-c7ccc(N(c8ccc(-c9ccc(N(c%10ccccc%10)c%10cccc(-c%11ccccc%11)c%10)cc9)cc8)c8cccc(-c9ccccc9)c8)cc7)cc6)cc5)c5cccc(-c6ccccc6)c5)cc4)cc3)c2)cc1. The van der Waals surface area contributed by atoms with Gasteiger partial charge in [0.25, 0.3) is 0 Å². The number of hydrogen-bond donors (Lipinski definition) is 0. The molecule has 502 valence electrons. The average Bonchev–Trinajstić information content (AvgIpc) is 0.799. The lowest BCUT2D eigenvalue weighted by molar-refractivity contribution is 1.28. The predicted molar refractivity (Wildman–Crippen MR) is 449 cm³/mol. The van der Waals surface area contributed by atoms with E-state index in [0.29, 0.717) is 0 Å². The molecule has 0 spiro atoms. The van der Waals surface area contributed by atoms with Crippen LogP contribution in [0.15, 0.2) is 449 Å². The molecule has 106 heavy (non-hydrogen) atoms. The van der Waals surface area contributed by atoms with E-state index in [1.807, 2.05) is 0 Å². The fourth-order valence-corrected chi connectivity index (χ4v) is 14.4. The third-order valence-electron chi connectivity index (χ3n) is 19.8. The van der Waals surface area contributed by atoms with Crippen LogP contribution in [0.5, 0.6) is 0 Å². The Balaban J connectivity index is 0.627. The molecule has 0 fully saturated rings. The third kappa shape index (κ3) is 14.2. The molecule has 0 saturated carbocycles. The van der Waals surface area contributed by atoms with Gasteiger partial charge in [0.15, 0.2) is 0 Å². The molecule has 0 unspecified atom stereocenters. The van der Waals surface area contributed by atoms with Gasteiger partial charge in [0.1, 0.15) is 0 Å². The molecule has 0 heterocycles. The highest BCUT2D eigenvalue weighted by Crippen LogP contribution is 2.44. The maximum Gasteiger partial charge on any atom is 0.0467 e. The van der Waals surface area contributed by atoms with Crippen LogP contribution in [0.1, 0.15) is 0 Å². The van der Waals surface area contributed by atoms with E-state index in [0.717, 1.165) is 124 Å². The number of rotatable bonds is 20. The number of anilines is 12. The highest BCUT2D eigenvalue weighted by Gasteiger charge is 2.20. The highest BCUT2D eigenvalue weighted by atomic mass is 15.2. The summed E-state index contributed by atoms with van der Waals surface area (Å²) in [7, 11) is 0. The van der Waals surface area contributed by atoms with Gasteiger partial charge in [0.2, 0.25) is 0 Å². The molecule has 0 saturated heterocycles. The van der Waals surface area contributed by atoms with Gasteiger partial charge in [-0.15, -0.1) is 0 Å². The van der Waals surface area contributed by atoms with E-state index in [4.69, 9.17) is 0 Å². The zero-order valence-electron chi connectivity index (χ0n) is 58.5. The molecule has 17 aromatic rings. The van der Waals surface area contributed by atoms with Crippen molar-refractivity contribution < 1.29 is 0 Å². The third-order valence-corrected chi connectivity index (χ3v) is 19.8. The van der Waals surface area contributed by atoms with E-state index in [9.17, 15) is 0 Å². The van der Waals surface area contributed by atoms with Gasteiger partial charge >= 0.3 is 0 Å². The molecule has 0 bridgehead atoms. The van der Waals surface area contributed by atoms with Crippen molar-refractivity contribution >= 4 is 68.2 Å². The quantitative estimate of drug-likeness (QED) is 0.0754. The molecule has 17 aromatic carbocycles. The monoisotopic (exact) mass is 1350 g/mol. The van der Waals surface area contributed by atoms with Crippen molar-refractivity contribution in [3.8, 4) is 89.0 Å². The second-order valence-electron chi connectivity index (χ2n) is 26.5. The minimum atomic E-state index is 1.07. The van der Waals surface area contributed by atoms with Crippen molar-refractivity contribution in [3.63, 3.8) is 0 Å². The van der Waals surface area contributed by atoms with Crippen LogP contribution in [0.25, 0.3) is 89.0 Å². The number of nitrogens with zero attached hydrogens (tertiary/aromatic N) is 4. The Kier molecular flexibility index (Phi) is 18.6. The van der Waals surface area contributed by atoms with Gasteiger partial charge in [0.05, 0.1) is 0 Å². The first-order valence-corrected chi connectivity index (χ1v) is 36.2. The molecular formula is C102H74N4. The summed E-state index contributed by atoms with van der Waals surface area (Å²) >= 11 is 0. The van der Waals surface area contributed by atoms with E-state index >= 15 is 0 Å². The Hall–Kier alpha value is -14.1. The average molecular weight is 1360 g/mol. The molecule has 0 aliphatic rings. The lowest BCUT2D eigenvalue weighted by atomic mass is 9.99. The summed E-state index contributed by atoms with van der Waals surface area (Å²) in [4.78, 5) is 9.38. The molecule has 0 amide bonds. The molecule has 4 nitrogen and oxygen atoms in total. The van der Waals surface area contributed by atoms with Crippen molar-refractivity contribution in [2.24, 2.45) is 0 Å². The maximum absolute atomic E-state index is 2.36. The summed E-state index contributed by atoms with van der Waals surface area (Å²) in [6.45, 7) is 0. The first-order chi connectivity index (χ1) is 52.5. The first-order valence-electron chi connectivity index (χ1n) is 36.2. The van der Waals surface area contributed by atoms with E-state index in [1.165, 1.54) is 33.4 Å². The lowest BCUT2D eigenvalue weighted by Gasteiger charge is -2.27. The Morgan fingerprint density at radius 3 is 0.387 bits per heavy atom. The van der Waals surface area contributed by atoms with Gasteiger partial charge in [0, 0.05) is 68.2 Å². The van der Waals surface area contributed by atoms with E-state index in [2.05, 4.69) is 469 Å². The number of hydrogen-bond acceptors (Lipinski definition) is 4. The molecule has 0 N–H and O–H groups in total. The summed E-state index contributed by atoms with van der Waals surface area (Å²) in [5.41, 5.74) is 31.5. The number of para-hydroxylation sites is 2. The Labute approximate surface area is 621 Å². The van der Waals surface area contributed by atoms with Crippen LogP contribution in [-0.2, 0) is 0 Å². The van der Waals surface area contributed by atoms with Crippen molar-refractivity contribution in [3.05, 3.63) is 449 Å². The van der Waals surface area contributed by atoms with Gasteiger partial charge in [-0.3, -0.25) is 0 Å². The standard InChI is InChI=1S/C102H74N4/c1-7-23-75(24-8-1)87-31-19-39-99(71-87)103(91-35-15-5-16-36-91)93-59-51-83(52-60-93)85-55-67-97(68-56-85)105(101-41-21-33-89(73-101)77-27-11-3-12-28-77)95-63-47-81(48-64-95)79-43-45-80(46-44-79)82-49-65-96(66-50-82)106(102-42-22-34-90(74-102)78-29-13-4-14-30-78)98-69-57-86(58-70-98)84-53-61-94(62-54-84)104(92-37-17-6-18-38-92)100-40-20-32-88(72-100)76-25-9-2-10-26-76/h1-74H. The minimum Gasteiger partial charge on any atom is -0.310 e. The van der Waals surface area contributed by atoms with Crippen LogP contribution in [0.3, 0.4) is 0 Å². The lowest BCUT2D eigenvalue weighted by Crippen LogP contribution is -2.10. The first kappa shape index (κ1) is 65.3. The van der Waals surface area contributed by atoms with Crippen molar-refractivity contribution in [2.75, 3.05) is 19.6 Å². The summed E-state index contributed by atoms with van der Waals surface area (Å²) < 4.78 is 0. The predicted octanol–water partition coefficient (Wildman–Crippen LogP) is 28.9. The largest absolute Gasteiger partial charge is 0.310 e. The molecule has 17 rings (SSSR count).